The van der Waals surface area contributed by atoms with Crippen LogP contribution in [0.5, 0.6) is 0 Å². The van der Waals surface area contributed by atoms with Gasteiger partial charge in [-0.25, -0.2) is 0 Å². The van der Waals surface area contributed by atoms with Gasteiger partial charge in [-0.2, -0.15) is 0 Å². The normalized spacial score (nSPS) is 11.8. The topological polar surface area (TPSA) is 0 Å². The first-order valence-electron chi connectivity index (χ1n) is 39.1. The van der Waals surface area contributed by atoms with E-state index in [4.69, 9.17) is 0 Å². The summed E-state index contributed by atoms with van der Waals surface area (Å²) in [5.74, 6) is 3.83. The molecule has 1 aromatic carbocycles. The van der Waals surface area contributed by atoms with Gasteiger partial charge in [0.25, 0.3) is 0 Å². The van der Waals surface area contributed by atoms with Crippen molar-refractivity contribution < 1.29 is 0 Å². The van der Waals surface area contributed by atoms with Crippen molar-refractivity contribution in [3.8, 4) is 0 Å². The predicted octanol–water partition coefficient (Wildman–Crippen LogP) is 31.1. The number of hydrogen-bond donors (Lipinski definition) is 0. The Labute approximate surface area is 539 Å². The Morgan fingerprint density at radius 2 is 0.349 bits per heavy atom. The minimum atomic E-state index is 0.907. The van der Waals surface area contributed by atoms with Crippen LogP contribution in [0.1, 0.15) is 450 Å². The zero-order chi connectivity index (χ0) is 59.3. The molecule has 0 nitrogen and oxygen atoms in total. The van der Waals surface area contributed by atoms with Crippen LogP contribution >= 0.6 is 35.3 Å². The summed E-state index contributed by atoms with van der Waals surface area (Å²) in [5.41, 5.74) is 1.45. The van der Waals surface area contributed by atoms with Gasteiger partial charge in [0.05, 0.1) is 0 Å². The van der Waals surface area contributed by atoms with Crippen LogP contribution in [-0.4, -0.2) is 17.3 Å². The van der Waals surface area contributed by atoms with E-state index in [1.807, 2.05) is 0 Å². The highest BCUT2D eigenvalue weighted by atomic mass is 32.2. The van der Waals surface area contributed by atoms with Crippen LogP contribution in [0, 0.1) is 6.92 Å². The average molecular weight is 1210 g/mol. The van der Waals surface area contributed by atoms with Gasteiger partial charge in [0.1, 0.15) is 0 Å². The molecule has 1 radical (unpaired) electrons. The molecule has 491 valence electrons. The minimum Gasteiger partial charge on any atom is -0.125 e. The van der Waals surface area contributed by atoms with Gasteiger partial charge in [0.15, 0.2) is 0 Å². The quantitative estimate of drug-likeness (QED) is 0.0471. The highest BCUT2D eigenvalue weighted by molar-refractivity contribution is 8.03. The van der Waals surface area contributed by atoms with Crippen LogP contribution < -0.4 is 0 Å². The van der Waals surface area contributed by atoms with E-state index in [1.165, 1.54) is 447 Å². The monoisotopic (exact) mass is 1210 g/mol. The van der Waals surface area contributed by atoms with Crippen molar-refractivity contribution in [1.82, 2.24) is 0 Å². The van der Waals surface area contributed by atoms with Crippen LogP contribution in [0.3, 0.4) is 0 Å². The molecule has 0 saturated heterocycles. The number of unbranched alkanes of at least 4 members (excludes halogenated alkanes) is 63. The van der Waals surface area contributed by atoms with E-state index < -0.39 is 0 Å². The Hall–Kier alpha value is 0.270. The molecule has 1 rings (SSSR count). The third-order valence-electron chi connectivity index (χ3n) is 18.6. The fourth-order valence-corrected chi connectivity index (χ4v) is 16.6. The van der Waals surface area contributed by atoms with E-state index in [9.17, 15) is 0 Å². The third kappa shape index (κ3) is 60.9. The molecule has 0 aliphatic rings. The summed E-state index contributed by atoms with van der Waals surface area (Å²) in [5, 5.41) is 0. The van der Waals surface area contributed by atoms with Crippen molar-refractivity contribution in [3.63, 3.8) is 0 Å². The zero-order valence-corrected chi connectivity index (χ0v) is 60.0. The Balaban J connectivity index is 2.33. The molecule has 0 spiro atoms. The molecule has 0 N–H and O–H groups in total. The lowest BCUT2D eigenvalue weighted by atomic mass is 10.0. The Bertz CT molecular complexity index is 1270. The van der Waals surface area contributed by atoms with E-state index in [0.29, 0.717) is 0 Å². The highest BCUT2D eigenvalue weighted by Gasteiger charge is 2.14. The molecule has 0 aliphatic carbocycles. The smallest absolute Gasteiger partial charge is 0.0344 e. The largest absolute Gasteiger partial charge is 0.125 e. The Kier molecular flexibility index (Phi) is 69.9. The molecule has 0 saturated carbocycles. The summed E-state index contributed by atoms with van der Waals surface area (Å²) in [7, 11) is 0. The molecule has 0 atom stereocenters. The van der Waals surface area contributed by atoms with Crippen LogP contribution in [-0.2, 0) is 6.42 Å². The van der Waals surface area contributed by atoms with E-state index in [1.54, 1.807) is 14.7 Å². The summed E-state index contributed by atoms with van der Waals surface area (Å²) in [6, 6.07) is 5.08. The van der Waals surface area contributed by atoms with Crippen LogP contribution in [0.2, 0.25) is 0 Å². The lowest BCUT2D eigenvalue weighted by Crippen LogP contribution is -1.94. The van der Waals surface area contributed by atoms with E-state index >= 15 is 0 Å². The van der Waals surface area contributed by atoms with Crippen molar-refractivity contribution >= 4 is 35.3 Å². The summed E-state index contributed by atoms with van der Waals surface area (Å²) in [4.78, 5) is 4.78. The van der Waals surface area contributed by atoms with Gasteiger partial charge in [-0.05, 0) is 67.6 Å². The zero-order valence-electron chi connectivity index (χ0n) is 57.6. The number of hydrogen-bond acceptors (Lipinski definition) is 3. The Morgan fingerprint density at radius 1 is 0.205 bits per heavy atom. The van der Waals surface area contributed by atoms with Crippen LogP contribution in [0.4, 0.5) is 0 Å². The van der Waals surface area contributed by atoms with Gasteiger partial charge in [-0.1, -0.05) is 425 Å². The molecular formula is C80H153S3. The standard InChI is InChI=1S/C80H153S3/c1-5-9-12-15-18-21-24-27-30-33-36-39-42-45-48-51-54-57-60-63-66-69-72-81-78-75-77(8-4)76-79(82-73-70-67-64-61-58-55-52-49-46-43-40-37-34-31-28-25-22-19-16-13-10-6-2)80(78)83-74-71-68-65-62-59-56-53-50-47-44-41-38-35-32-29-26-23-20-17-14-11-7-3/h75-76H,4-74H2,1-3H3. The Morgan fingerprint density at radius 3 is 0.506 bits per heavy atom. The van der Waals surface area contributed by atoms with E-state index in [2.05, 4.69) is 75.1 Å². The lowest BCUT2D eigenvalue weighted by Gasteiger charge is -2.16. The second-order valence-corrected chi connectivity index (χ2v) is 30.4. The van der Waals surface area contributed by atoms with Gasteiger partial charge < -0.3 is 0 Å². The molecule has 0 amide bonds. The third-order valence-corrected chi connectivity index (χ3v) is 22.4. The number of rotatable bonds is 73. The van der Waals surface area contributed by atoms with Gasteiger partial charge in [-0.3, -0.25) is 0 Å². The summed E-state index contributed by atoms with van der Waals surface area (Å²) in [6.07, 6.45) is 97.1. The van der Waals surface area contributed by atoms with Gasteiger partial charge in [-0.15, -0.1) is 35.3 Å². The molecule has 0 heterocycles. The molecule has 0 unspecified atom stereocenters. The number of benzene rings is 1. The second-order valence-electron chi connectivity index (χ2n) is 27.0. The first kappa shape index (κ1) is 81.3. The lowest BCUT2D eigenvalue weighted by molar-refractivity contribution is 0.520. The fraction of sp³-hybridized carbons (Fsp3) is 0.912. The van der Waals surface area contributed by atoms with Crippen molar-refractivity contribution in [2.75, 3.05) is 17.3 Å². The minimum absolute atomic E-state index is 0.907. The van der Waals surface area contributed by atoms with Crippen molar-refractivity contribution in [2.24, 2.45) is 0 Å². The second kappa shape index (κ2) is 71.3. The van der Waals surface area contributed by atoms with Gasteiger partial charge in [0, 0.05) is 14.7 Å². The van der Waals surface area contributed by atoms with E-state index in [-0.39, 0.29) is 0 Å². The van der Waals surface area contributed by atoms with Crippen molar-refractivity contribution in [2.45, 2.75) is 466 Å². The van der Waals surface area contributed by atoms with Crippen LogP contribution in [0.15, 0.2) is 26.8 Å². The molecule has 1 aromatic rings. The predicted molar refractivity (Wildman–Crippen MR) is 389 cm³/mol. The molecule has 0 aliphatic heterocycles. The van der Waals surface area contributed by atoms with E-state index in [0.717, 1.165) is 6.42 Å². The molecular weight excluding hydrogens is 1060 g/mol. The molecule has 0 bridgehead atoms. The van der Waals surface area contributed by atoms with Crippen molar-refractivity contribution in [3.05, 3.63) is 24.6 Å². The highest BCUT2D eigenvalue weighted by Crippen LogP contribution is 2.41. The first-order chi connectivity index (χ1) is 41.3. The SMILES string of the molecule is [CH2]Cc1cc(SCCCCCCCCCCCCCCCCCCCCCCCC)c(SCCCCCCCCCCCCCCCCCCCCCCCC)c(SCCCCCCCCCCCCCCCCCCCCCCCC)c1. The van der Waals surface area contributed by atoms with Gasteiger partial charge in [0.2, 0.25) is 0 Å². The number of thioether (sulfide) groups is 3. The summed E-state index contributed by atoms with van der Waals surface area (Å²) >= 11 is 6.57. The maximum Gasteiger partial charge on any atom is 0.0344 e. The average Bonchev–Trinajstić information content (AvgIpc) is 3.57. The first-order valence-corrected chi connectivity index (χ1v) is 42.1. The van der Waals surface area contributed by atoms with Gasteiger partial charge >= 0.3 is 0 Å². The molecule has 0 aromatic heterocycles. The van der Waals surface area contributed by atoms with Crippen molar-refractivity contribution in [1.29, 1.82) is 0 Å². The van der Waals surface area contributed by atoms with Crippen LogP contribution in [0.25, 0.3) is 0 Å². The maximum atomic E-state index is 4.39. The molecule has 83 heavy (non-hydrogen) atoms. The molecule has 3 heteroatoms. The summed E-state index contributed by atoms with van der Waals surface area (Å²) in [6.45, 7) is 11.4. The molecule has 0 fully saturated rings. The fourth-order valence-electron chi connectivity index (χ4n) is 12.8. The maximum absolute atomic E-state index is 4.39. The summed E-state index contributed by atoms with van der Waals surface area (Å²) < 4.78 is 0.